The van der Waals surface area contributed by atoms with E-state index in [1.807, 2.05) is 47.2 Å². The Labute approximate surface area is 133 Å². The van der Waals surface area contributed by atoms with Gasteiger partial charge in [-0.25, -0.2) is 9.78 Å². The van der Waals surface area contributed by atoms with E-state index in [9.17, 15) is 4.79 Å². The van der Waals surface area contributed by atoms with E-state index in [2.05, 4.69) is 14.7 Å². The summed E-state index contributed by atoms with van der Waals surface area (Å²) in [6.07, 6.45) is 7.14. The van der Waals surface area contributed by atoms with Crippen LogP contribution in [0.15, 0.2) is 72.2 Å². The fourth-order valence-corrected chi connectivity index (χ4v) is 2.09. The summed E-state index contributed by atoms with van der Waals surface area (Å²) in [6.45, 7) is 0. The predicted molar refractivity (Wildman–Crippen MR) is 88.6 cm³/mol. The molecule has 0 saturated carbocycles. The first kappa shape index (κ1) is 14.7. The van der Waals surface area contributed by atoms with Crippen LogP contribution >= 0.6 is 0 Å². The molecule has 0 aliphatic heterocycles. The molecule has 0 amide bonds. The standard InChI is InChI=1S/C18H15N3O2/c1-23-18(22)15-4-2-14(3-5-15)12-20-16-6-8-17(9-7-16)21-11-10-19-13-21/h2-13H,1H3. The molecular weight excluding hydrogens is 290 g/mol. The second-order valence-electron chi connectivity index (χ2n) is 4.86. The first-order valence-corrected chi connectivity index (χ1v) is 7.07. The second kappa shape index (κ2) is 6.70. The summed E-state index contributed by atoms with van der Waals surface area (Å²) < 4.78 is 6.60. The Hall–Kier alpha value is -3.21. The molecule has 3 aromatic rings. The number of esters is 1. The van der Waals surface area contributed by atoms with Crippen LogP contribution in [-0.2, 0) is 4.74 Å². The molecule has 0 unspecified atom stereocenters. The summed E-state index contributed by atoms with van der Waals surface area (Å²) in [5.74, 6) is -0.344. The highest BCUT2D eigenvalue weighted by Gasteiger charge is 2.03. The second-order valence-corrected chi connectivity index (χ2v) is 4.86. The molecule has 5 nitrogen and oxygen atoms in total. The van der Waals surface area contributed by atoms with Crippen molar-refractivity contribution in [2.45, 2.75) is 0 Å². The minimum Gasteiger partial charge on any atom is -0.465 e. The van der Waals surface area contributed by atoms with Crippen molar-refractivity contribution in [2.75, 3.05) is 7.11 Å². The zero-order valence-corrected chi connectivity index (χ0v) is 12.6. The van der Waals surface area contributed by atoms with Crippen molar-refractivity contribution >= 4 is 17.9 Å². The molecule has 0 spiro atoms. The number of carbonyl (C=O) groups excluding carboxylic acids is 1. The van der Waals surface area contributed by atoms with Crippen LogP contribution in [0.1, 0.15) is 15.9 Å². The van der Waals surface area contributed by atoms with Gasteiger partial charge in [-0.1, -0.05) is 12.1 Å². The number of methoxy groups -OCH3 is 1. The van der Waals surface area contributed by atoms with E-state index in [4.69, 9.17) is 0 Å². The van der Waals surface area contributed by atoms with E-state index in [0.29, 0.717) is 5.56 Å². The molecule has 114 valence electrons. The molecule has 0 saturated heterocycles. The first-order chi connectivity index (χ1) is 11.3. The quantitative estimate of drug-likeness (QED) is 0.548. The van der Waals surface area contributed by atoms with Crippen molar-refractivity contribution in [2.24, 2.45) is 4.99 Å². The number of rotatable bonds is 4. The lowest BCUT2D eigenvalue weighted by atomic mass is 10.1. The molecule has 0 fully saturated rings. The Balaban J connectivity index is 1.71. The maximum Gasteiger partial charge on any atom is 0.337 e. The van der Waals surface area contributed by atoms with E-state index in [0.717, 1.165) is 16.9 Å². The average molecular weight is 305 g/mol. The summed E-state index contributed by atoms with van der Waals surface area (Å²) in [7, 11) is 1.37. The smallest absolute Gasteiger partial charge is 0.337 e. The molecule has 0 radical (unpaired) electrons. The number of aliphatic imine (C=N–C) groups is 1. The van der Waals surface area contributed by atoms with Crippen LogP contribution in [0.25, 0.3) is 5.69 Å². The summed E-state index contributed by atoms with van der Waals surface area (Å²) >= 11 is 0. The molecule has 0 N–H and O–H groups in total. The summed E-state index contributed by atoms with van der Waals surface area (Å²) in [5, 5.41) is 0. The van der Waals surface area contributed by atoms with Gasteiger partial charge in [-0.3, -0.25) is 4.99 Å². The van der Waals surface area contributed by atoms with Crippen LogP contribution < -0.4 is 0 Å². The molecule has 0 aliphatic carbocycles. The number of benzene rings is 2. The van der Waals surface area contributed by atoms with Gasteiger partial charge in [0.25, 0.3) is 0 Å². The van der Waals surface area contributed by atoms with Crippen molar-refractivity contribution < 1.29 is 9.53 Å². The summed E-state index contributed by atoms with van der Waals surface area (Å²) in [5.41, 5.74) is 3.32. The van der Waals surface area contributed by atoms with Crippen LogP contribution in [0.2, 0.25) is 0 Å². The van der Waals surface area contributed by atoms with Gasteiger partial charge >= 0.3 is 5.97 Å². The largest absolute Gasteiger partial charge is 0.465 e. The normalized spacial score (nSPS) is 10.8. The van der Waals surface area contributed by atoms with Gasteiger partial charge < -0.3 is 9.30 Å². The molecule has 2 aromatic carbocycles. The van der Waals surface area contributed by atoms with E-state index < -0.39 is 0 Å². The topological polar surface area (TPSA) is 56.5 Å². The van der Waals surface area contributed by atoms with Crippen molar-refractivity contribution in [1.29, 1.82) is 0 Å². The van der Waals surface area contributed by atoms with Gasteiger partial charge in [-0.15, -0.1) is 0 Å². The lowest BCUT2D eigenvalue weighted by Crippen LogP contribution is -2.00. The van der Waals surface area contributed by atoms with Crippen LogP contribution in [-0.4, -0.2) is 28.8 Å². The third kappa shape index (κ3) is 3.52. The number of hydrogen-bond acceptors (Lipinski definition) is 4. The zero-order valence-electron chi connectivity index (χ0n) is 12.6. The van der Waals surface area contributed by atoms with Gasteiger partial charge in [-0.2, -0.15) is 0 Å². The Morgan fingerprint density at radius 3 is 2.48 bits per heavy atom. The number of nitrogens with zero attached hydrogens (tertiary/aromatic N) is 3. The van der Waals surface area contributed by atoms with Gasteiger partial charge in [0.15, 0.2) is 0 Å². The predicted octanol–water partition coefficient (Wildman–Crippen LogP) is 3.41. The highest BCUT2D eigenvalue weighted by Crippen LogP contribution is 2.16. The zero-order chi connectivity index (χ0) is 16.1. The fourth-order valence-electron chi connectivity index (χ4n) is 2.09. The van der Waals surface area contributed by atoms with Gasteiger partial charge in [-0.05, 0) is 42.0 Å². The minimum atomic E-state index is -0.344. The number of ether oxygens (including phenoxy) is 1. The van der Waals surface area contributed by atoms with Crippen molar-refractivity contribution in [3.63, 3.8) is 0 Å². The van der Waals surface area contributed by atoms with E-state index in [1.165, 1.54) is 7.11 Å². The number of hydrogen-bond donors (Lipinski definition) is 0. The lowest BCUT2D eigenvalue weighted by molar-refractivity contribution is 0.0600. The Morgan fingerprint density at radius 1 is 1.13 bits per heavy atom. The molecule has 23 heavy (non-hydrogen) atoms. The molecule has 3 rings (SSSR count). The fraction of sp³-hybridized carbons (Fsp3) is 0.0556. The van der Waals surface area contributed by atoms with Crippen molar-refractivity contribution in [3.05, 3.63) is 78.4 Å². The molecule has 0 bridgehead atoms. The van der Waals surface area contributed by atoms with Crippen molar-refractivity contribution in [3.8, 4) is 5.69 Å². The van der Waals surface area contributed by atoms with Gasteiger partial charge in [0, 0.05) is 24.3 Å². The minimum absolute atomic E-state index is 0.344. The monoisotopic (exact) mass is 305 g/mol. The van der Waals surface area contributed by atoms with Gasteiger partial charge in [0.2, 0.25) is 0 Å². The Kier molecular flexibility index (Phi) is 4.29. The summed E-state index contributed by atoms with van der Waals surface area (Å²) in [4.78, 5) is 19.8. The molecule has 5 heteroatoms. The third-order valence-corrected chi connectivity index (χ3v) is 3.35. The molecule has 1 heterocycles. The van der Waals surface area contributed by atoms with E-state index >= 15 is 0 Å². The van der Waals surface area contributed by atoms with Gasteiger partial charge in [0.05, 0.1) is 24.7 Å². The van der Waals surface area contributed by atoms with Gasteiger partial charge in [0.1, 0.15) is 0 Å². The SMILES string of the molecule is COC(=O)c1ccc(C=Nc2ccc(-n3ccnc3)cc2)cc1. The summed E-state index contributed by atoms with van der Waals surface area (Å²) in [6, 6.07) is 14.9. The van der Waals surface area contributed by atoms with E-state index in [-0.39, 0.29) is 5.97 Å². The van der Waals surface area contributed by atoms with Crippen LogP contribution in [0.3, 0.4) is 0 Å². The molecular formula is C18H15N3O2. The van der Waals surface area contributed by atoms with Crippen LogP contribution in [0.5, 0.6) is 0 Å². The molecule has 0 atom stereocenters. The highest BCUT2D eigenvalue weighted by atomic mass is 16.5. The molecule has 1 aromatic heterocycles. The Bertz CT molecular complexity index is 804. The number of carbonyl (C=O) groups is 1. The lowest BCUT2D eigenvalue weighted by Gasteiger charge is -2.02. The average Bonchev–Trinajstić information content (AvgIpc) is 3.15. The highest BCUT2D eigenvalue weighted by molar-refractivity contribution is 5.90. The maximum absolute atomic E-state index is 11.4. The first-order valence-electron chi connectivity index (χ1n) is 7.07. The van der Waals surface area contributed by atoms with Crippen LogP contribution in [0.4, 0.5) is 5.69 Å². The maximum atomic E-state index is 11.4. The van der Waals surface area contributed by atoms with E-state index in [1.54, 1.807) is 30.9 Å². The number of aromatic nitrogens is 2. The van der Waals surface area contributed by atoms with Crippen LogP contribution in [0, 0.1) is 0 Å². The third-order valence-electron chi connectivity index (χ3n) is 3.35. The number of imidazole rings is 1. The Morgan fingerprint density at radius 2 is 1.87 bits per heavy atom. The van der Waals surface area contributed by atoms with Crippen molar-refractivity contribution in [1.82, 2.24) is 9.55 Å². The molecule has 0 aliphatic rings.